The summed E-state index contributed by atoms with van der Waals surface area (Å²) in [6.45, 7) is 9.16. The van der Waals surface area contributed by atoms with Gasteiger partial charge in [-0.2, -0.15) is 0 Å². The number of phosphoric ester groups is 1. The zero-order chi connectivity index (χ0) is 19.0. The molecule has 0 aromatic carbocycles. The summed E-state index contributed by atoms with van der Waals surface area (Å²) in [4.78, 5) is 9.81. The van der Waals surface area contributed by atoms with Gasteiger partial charge in [-0.1, -0.05) is 91.9 Å². The molecule has 4 nitrogen and oxygen atoms in total. The molecular weight excluding hydrogens is 335 g/mol. The molecule has 0 amide bonds. The largest absolute Gasteiger partial charge is 0.472 e. The number of hydrogen-bond acceptors (Lipinski definition) is 3. The Balaban J connectivity index is 3.72. The van der Waals surface area contributed by atoms with Crippen molar-refractivity contribution in [3.05, 3.63) is 0 Å². The van der Waals surface area contributed by atoms with Crippen molar-refractivity contribution in [2.45, 2.75) is 105 Å². The molecule has 0 saturated heterocycles. The summed E-state index contributed by atoms with van der Waals surface area (Å²) < 4.78 is 22.3. The first-order chi connectivity index (χ1) is 11.9. The third kappa shape index (κ3) is 17.3. The Morgan fingerprint density at radius 2 is 1.08 bits per heavy atom. The summed E-state index contributed by atoms with van der Waals surface area (Å²) in [6, 6.07) is 0. The van der Waals surface area contributed by atoms with Crippen molar-refractivity contribution in [1.29, 1.82) is 0 Å². The van der Waals surface area contributed by atoms with E-state index in [2.05, 4.69) is 27.7 Å². The van der Waals surface area contributed by atoms with Crippen LogP contribution in [0.4, 0.5) is 0 Å². The summed E-state index contributed by atoms with van der Waals surface area (Å²) in [5.41, 5.74) is 0. The Bertz CT molecular complexity index is 308. The van der Waals surface area contributed by atoms with E-state index in [4.69, 9.17) is 9.05 Å². The Morgan fingerprint density at radius 1 is 0.720 bits per heavy atom. The lowest BCUT2D eigenvalue weighted by Crippen LogP contribution is -2.09. The Kier molecular flexibility index (Phi) is 16.4. The summed E-state index contributed by atoms with van der Waals surface area (Å²) >= 11 is 0. The minimum Gasteiger partial charge on any atom is -0.302 e. The van der Waals surface area contributed by atoms with E-state index in [0.29, 0.717) is 25.0 Å². The van der Waals surface area contributed by atoms with E-state index in [-0.39, 0.29) is 0 Å². The van der Waals surface area contributed by atoms with Crippen LogP contribution in [0, 0.1) is 11.8 Å². The zero-order valence-corrected chi connectivity index (χ0v) is 18.1. The van der Waals surface area contributed by atoms with Gasteiger partial charge >= 0.3 is 7.82 Å². The van der Waals surface area contributed by atoms with Crippen molar-refractivity contribution in [1.82, 2.24) is 0 Å². The summed E-state index contributed by atoms with van der Waals surface area (Å²) in [6.07, 6.45) is 14.5. The van der Waals surface area contributed by atoms with E-state index in [9.17, 15) is 9.46 Å². The third-order valence-electron chi connectivity index (χ3n) is 4.65. The Morgan fingerprint density at radius 3 is 1.44 bits per heavy atom. The molecule has 1 N–H and O–H groups in total. The van der Waals surface area contributed by atoms with Crippen LogP contribution in [0.5, 0.6) is 0 Å². The molecule has 0 heterocycles. The molecule has 0 aliphatic heterocycles. The van der Waals surface area contributed by atoms with Crippen molar-refractivity contribution in [3.8, 4) is 0 Å². The van der Waals surface area contributed by atoms with E-state index in [1.165, 1.54) is 51.4 Å². The smallest absolute Gasteiger partial charge is 0.302 e. The molecule has 0 aromatic heterocycles. The molecule has 0 spiro atoms. The van der Waals surface area contributed by atoms with Crippen LogP contribution in [0.3, 0.4) is 0 Å². The van der Waals surface area contributed by atoms with E-state index >= 15 is 0 Å². The second-order valence-corrected chi connectivity index (χ2v) is 9.13. The number of phosphoric acid groups is 1. The second-order valence-electron chi connectivity index (χ2n) is 7.68. The quantitative estimate of drug-likeness (QED) is 0.204. The predicted molar refractivity (Wildman–Crippen MR) is 107 cm³/mol. The van der Waals surface area contributed by atoms with Crippen molar-refractivity contribution in [3.63, 3.8) is 0 Å². The fraction of sp³-hybridized carbons (Fsp3) is 1.00. The highest BCUT2D eigenvalue weighted by Crippen LogP contribution is 2.44. The van der Waals surface area contributed by atoms with Gasteiger partial charge in [-0.3, -0.25) is 9.05 Å². The number of rotatable bonds is 18. The SMILES string of the molecule is CCCCCCCC(C)COP(=O)(O)OCC(C)CCCCCCC. The predicted octanol–water partition coefficient (Wildman–Crippen LogP) is 7.11. The first-order valence-electron chi connectivity index (χ1n) is 10.5. The standard InChI is InChI=1S/C20H43O4P/c1-5-7-9-11-13-15-19(3)17-23-25(21,22)24-18-20(4)16-14-12-10-8-6-2/h19-20H,5-18H2,1-4H3,(H,21,22). The highest BCUT2D eigenvalue weighted by molar-refractivity contribution is 7.47. The minimum absolute atomic E-state index is 0.293. The van der Waals surface area contributed by atoms with Crippen LogP contribution < -0.4 is 0 Å². The topological polar surface area (TPSA) is 55.8 Å². The normalized spacial score (nSPS) is 16.5. The number of unbranched alkanes of at least 4 members (excludes halogenated alkanes) is 8. The first kappa shape index (κ1) is 25.1. The summed E-state index contributed by atoms with van der Waals surface area (Å²) in [7, 11) is -3.90. The third-order valence-corrected chi connectivity index (χ3v) is 5.60. The van der Waals surface area contributed by atoms with Gasteiger partial charge < -0.3 is 4.89 Å². The fourth-order valence-electron chi connectivity index (χ4n) is 2.84. The average molecular weight is 379 g/mol. The molecule has 0 saturated carbocycles. The average Bonchev–Trinajstić information content (AvgIpc) is 2.58. The molecule has 2 unspecified atom stereocenters. The van der Waals surface area contributed by atoms with Crippen LogP contribution in [0.25, 0.3) is 0 Å². The molecule has 0 aromatic rings. The van der Waals surface area contributed by atoms with Crippen LogP contribution in [0.15, 0.2) is 0 Å². The lowest BCUT2D eigenvalue weighted by atomic mass is 10.0. The van der Waals surface area contributed by atoms with Gasteiger partial charge in [0.15, 0.2) is 0 Å². The van der Waals surface area contributed by atoms with Gasteiger partial charge in [-0.15, -0.1) is 0 Å². The van der Waals surface area contributed by atoms with Gasteiger partial charge in [-0.05, 0) is 24.7 Å². The van der Waals surface area contributed by atoms with Gasteiger partial charge in [0.05, 0.1) is 13.2 Å². The van der Waals surface area contributed by atoms with Crippen molar-refractivity contribution in [2.75, 3.05) is 13.2 Å². The molecule has 0 rings (SSSR count). The van der Waals surface area contributed by atoms with Crippen LogP contribution in [-0.2, 0) is 13.6 Å². The monoisotopic (exact) mass is 378 g/mol. The van der Waals surface area contributed by atoms with Crippen molar-refractivity contribution < 1.29 is 18.5 Å². The van der Waals surface area contributed by atoms with Crippen LogP contribution in [0.2, 0.25) is 0 Å². The molecule has 0 fully saturated rings. The highest BCUT2D eigenvalue weighted by atomic mass is 31.2. The van der Waals surface area contributed by atoms with Gasteiger partial charge in [-0.25, -0.2) is 4.57 Å². The minimum atomic E-state index is -3.90. The molecule has 25 heavy (non-hydrogen) atoms. The fourth-order valence-corrected chi connectivity index (χ4v) is 3.80. The van der Waals surface area contributed by atoms with Crippen LogP contribution in [-0.4, -0.2) is 18.1 Å². The van der Waals surface area contributed by atoms with Crippen LogP contribution in [0.1, 0.15) is 105 Å². The molecule has 0 aliphatic carbocycles. The molecule has 0 aliphatic rings. The lowest BCUT2D eigenvalue weighted by Gasteiger charge is -2.18. The maximum atomic E-state index is 12.0. The summed E-state index contributed by atoms with van der Waals surface area (Å²) in [5.74, 6) is 0.586. The molecule has 0 bridgehead atoms. The molecule has 0 radical (unpaired) electrons. The molecular formula is C20H43O4P. The summed E-state index contributed by atoms with van der Waals surface area (Å²) in [5, 5.41) is 0. The van der Waals surface area contributed by atoms with Gasteiger partial charge in [0, 0.05) is 0 Å². The van der Waals surface area contributed by atoms with E-state index in [1.807, 2.05) is 0 Å². The van der Waals surface area contributed by atoms with Gasteiger partial charge in [0.1, 0.15) is 0 Å². The van der Waals surface area contributed by atoms with Gasteiger partial charge in [0.2, 0.25) is 0 Å². The van der Waals surface area contributed by atoms with Gasteiger partial charge in [0.25, 0.3) is 0 Å². The number of hydrogen-bond donors (Lipinski definition) is 1. The highest BCUT2D eigenvalue weighted by Gasteiger charge is 2.23. The maximum Gasteiger partial charge on any atom is 0.472 e. The van der Waals surface area contributed by atoms with E-state index in [1.54, 1.807) is 0 Å². The zero-order valence-electron chi connectivity index (χ0n) is 17.2. The second kappa shape index (κ2) is 16.3. The van der Waals surface area contributed by atoms with E-state index < -0.39 is 7.82 Å². The first-order valence-corrected chi connectivity index (χ1v) is 12.0. The molecule has 2 atom stereocenters. The molecule has 152 valence electrons. The Hall–Kier alpha value is 0.110. The van der Waals surface area contributed by atoms with E-state index in [0.717, 1.165) is 25.7 Å². The lowest BCUT2D eigenvalue weighted by molar-refractivity contribution is 0.117. The molecule has 5 heteroatoms. The van der Waals surface area contributed by atoms with Crippen molar-refractivity contribution >= 4 is 7.82 Å². The Labute approximate surface area is 156 Å². The maximum absolute atomic E-state index is 12.0. The van der Waals surface area contributed by atoms with Crippen LogP contribution >= 0.6 is 7.82 Å². The van der Waals surface area contributed by atoms with Crippen molar-refractivity contribution in [2.24, 2.45) is 11.8 Å².